The lowest BCUT2D eigenvalue weighted by molar-refractivity contribution is 0.0690. The minimum absolute atomic E-state index is 0.0932. The van der Waals surface area contributed by atoms with Crippen LogP contribution in [0.2, 0.25) is 0 Å². The first-order chi connectivity index (χ1) is 15.7. The number of fused-ring (bicyclic) bond motifs is 2. The summed E-state index contributed by atoms with van der Waals surface area (Å²) in [7, 11) is -3.73. The molecule has 9 heteroatoms. The van der Waals surface area contributed by atoms with Crippen molar-refractivity contribution in [3.63, 3.8) is 0 Å². The van der Waals surface area contributed by atoms with Crippen LogP contribution >= 0.6 is 0 Å². The lowest BCUT2D eigenvalue weighted by Gasteiger charge is -2.21. The maximum absolute atomic E-state index is 13.1. The molecule has 0 bridgehead atoms. The summed E-state index contributed by atoms with van der Waals surface area (Å²) in [6.07, 6.45) is 1.05. The lowest BCUT2D eigenvalue weighted by atomic mass is 9.92. The van der Waals surface area contributed by atoms with Crippen LogP contribution in [0.4, 0.5) is 5.95 Å². The molecule has 4 unspecified atom stereocenters. The molecular weight excluding hydrogens is 440 g/mol. The minimum atomic E-state index is -3.73. The van der Waals surface area contributed by atoms with E-state index < -0.39 is 16.1 Å². The number of nitrogens with one attached hydrogen (secondary N) is 2. The predicted octanol–water partition coefficient (Wildman–Crippen LogP) is 2.85. The molecule has 8 nitrogen and oxygen atoms in total. The van der Waals surface area contributed by atoms with Crippen LogP contribution < -0.4 is 10.0 Å². The summed E-state index contributed by atoms with van der Waals surface area (Å²) in [6.45, 7) is 6.91. The summed E-state index contributed by atoms with van der Waals surface area (Å²) >= 11 is 0. The maximum Gasteiger partial charge on any atom is 0.241 e. The van der Waals surface area contributed by atoms with Crippen LogP contribution in [0.15, 0.2) is 59.6 Å². The lowest BCUT2D eigenvalue weighted by Crippen LogP contribution is -2.44. The smallest absolute Gasteiger partial charge is 0.241 e. The highest BCUT2D eigenvalue weighted by molar-refractivity contribution is 7.89. The average molecular weight is 469 g/mol. The van der Waals surface area contributed by atoms with Gasteiger partial charge in [-0.25, -0.2) is 23.1 Å². The van der Waals surface area contributed by atoms with Crippen molar-refractivity contribution in [2.24, 2.45) is 0 Å². The number of anilines is 1. The number of aromatic nitrogens is 2. The molecule has 1 aromatic heterocycles. The van der Waals surface area contributed by atoms with E-state index in [2.05, 4.69) is 40.8 Å². The highest BCUT2D eigenvalue weighted by Gasteiger charge is 2.49. The van der Waals surface area contributed by atoms with E-state index in [0.29, 0.717) is 12.6 Å². The third-order valence-corrected chi connectivity index (χ3v) is 7.62. The van der Waals surface area contributed by atoms with Gasteiger partial charge in [0.15, 0.2) is 0 Å². The first-order valence-electron chi connectivity index (χ1n) is 11.1. The molecule has 0 saturated carbocycles. The Bertz CT molecular complexity index is 1270. The molecule has 3 aromatic rings. The predicted molar refractivity (Wildman–Crippen MR) is 126 cm³/mol. The van der Waals surface area contributed by atoms with Gasteiger partial charge in [-0.1, -0.05) is 51.1 Å². The SMILES string of the molecule is CC(C)(C)c1ccnc(NC2COC3C(NS(=O)(=O)c4ccc5ccccc5c4)COC23)n1. The minimum Gasteiger partial charge on any atom is -0.371 e. The monoisotopic (exact) mass is 468 g/mol. The van der Waals surface area contributed by atoms with Gasteiger partial charge >= 0.3 is 0 Å². The van der Waals surface area contributed by atoms with Gasteiger partial charge in [-0.3, -0.25) is 0 Å². The Morgan fingerprint density at radius 3 is 2.39 bits per heavy atom. The number of hydrogen-bond donors (Lipinski definition) is 2. The van der Waals surface area contributed by atoms with Crippen molar-refractivity contribution in [3.8, 4) is 0 Å². The topological polar surface area (TPSA) is 102 Å². The van der Waals surface area contributed by atoms with E-state index in [-0.39, 0.29) is 35.2 Å². The summed E-state index contributed by atoms with van der Waals surface area (Å²) in [5.41, 5.74) is 0.841. The second kappa shape index (κ2) is 8.32. The van der Waals surface area contributed by atoms with Crippen molar-refractivity contribution in [1.82, 2.24) is 14.7 Å². The van der Waals surface area contributed by atoms with Crippen LogP contribution in [0.1, 0.15) is 26.5 Å². The Morgan fingerprint density at radius 2 is 1.64 bits per heavy atom. The van der Waals surface area contributed by atoms with E-state index in [4.69, 9.17) is 9.47 Å². The van der Waals surface area contributed by atoms with Crippen molar-refractivity contribution in [2.45, 2.75) is 55.4 Å². The summed E-state index contributed by atoms with van der Waals surface area (Å²) in [6, 6.07) is 14.1. The molecule has 5 rings (SSSR count). The van der Waals surface area contributed by atoms with Gasteiger partial charge < -0.3 is 14.8 Å². The van der Waals surface area contributed by atoms with E-state index in [1.54, 1.807) is 18.3 Å². The molecule has 2 aliphatic rings. The third-order valence-electron chi connectivity index (χ3n) is 6.13. The molecule has 33 heavy (non-hydrogen) atoms. The number of nitrogens with zero attached hydrogens (tertiary/aromatic N) is 2. The van der Waals surface area contributed by atoms with Crippen LogP contribution in [0.3, 0.4) is 0 Å². The van der Waals surface area contributed by atoms with Crippen LogP contribution in [-0.2, 0) is 24.9 Å². The number of benzene rings is 2. The summed E-state index contributed by atoms with van der Waals surface area (Å²) in [5, 5.41) is 5.18. The standard InChI is InChI=1S/C24H28N4O4S/c1-24(2,3)20-10-11-25-23(27-20)26-18-13-31-22-19(14-32-21(18)22)28-33(29,30)17-9-8-15-6-4-5-7-16(15)12-17/h4-12,18-19,21-22,28H,13-14H2,1-3H3,(H,25,26,27). The molecule has 2 aliphatic heterocycles. The van der Waals surface area contributed by atoms with Crippen molar-refractivity contribution in [3.05, 3.63) is 60.4 Å². The van der Waals surface area contributed by atoms with E-state index in [9.17, 15) is 8.42 Å². The highest BCUT2D eigenvalue weighted by Crippen LogP contribution is 2.30. The van der Waals surface area contributed by atoms with Gasteiger partial charge in [-0.15, -0.1) is 0 Å². The largest absolute Gasteiger partial charge is 0.371 e. The molecule has 2 saturated heterocycles. The fraction of sp³-hybridized carbons (Fsp3) is 0.417. The Morgan fingerprint density at radius 1 is 0.939 bits per heavy atom. The van der Waals surface area contributed by atoms with E-state index in [0.717, 1.165) is 16.5 Å². The molecular formula is C24H28N4O4S. The van der Waals surface area contributed by atoms with Crippen LogP contribution in [0.5, 0.6) is 0 Å². The molecule has 0 aliphatic carbocycles. The Balaban J connectivity index is 1.28. The molecule has 0 spiro atoms. The van der Waals surface area contributed by atoms with Gasteiger partial charge in [0, 0.05) is 11.6 Å². The Kier molecular flexibility index (Phi) is 5.60. The molecule has 2 aromatic carbocycles. The summed E-state index contributed by atoms with van der Waals surface area (Å²) in [4.78, 5) is 9.18. The first-order valence-corrected chi connectivity index (χ1v) is 12.5. The van der Waals surface area contributed by atoms with Gasteiger partial charge in [0.25, 0.3) is 0 Å². The quantitative estimate of drug-likeness (QED) is 0.594. The van der Waals surface area contributed by atoms with E-state index in [1.807, 2.05) is 36.4 Å². The number of ether oxygens (including phenoxy) is 2. The van der Waals surface area contributed by atoms with Crippen molar-refractivity contribution >= 4 is 26.7 Å². The number of hydrogen-bond acceptors (Lipinski definition) is 7. The van der Waals surface area contributed by atoms with Crippen LogP contribution in [-0.4, -0.2) is 55.9 Å². The molecule has 2 fully saturated rings. The Hall–Kier alpha value is -2.59. The maximum atomic E-state index is 13.1. The number of sulfonamides is 1. The van der Waals surface area contributed by atoms with E-state index in [1.165, 1.54) is 0 Å². The van der Waals surface area contributed by atoms with Crippen molar-refractivity contribution in [2.75, 3.05) is 18.5 Å². The zero-order valence-corrected chi connectivity index (χ0v) is 19.7. The second-order valence-corrected chi connectivity index (χ2v) is 11.3. The third kappa shape index (κ3) is 4.46. The van der Waals surface area contributed by atoms with Crippen molar-refractivity contribution in [1.29, 1.82) is 0 Å². The van der Waals surface area contributed by atoms with E-state index >= 15 is 0 Å². The van der Waals surface area contributed by atoms with Gasteiger partial charge in [-0.2, -0.15) is 0 Å². The molecule has 0 radical (unpaired) electrons. The molecule has 2 N–H and O–H groups in total. The van der Waals surface area contributed by atoms with Crippen LogP contribution in [0, 0.1) is 0 Å². The fourth-order valence-electron chi connectivity index (χ4n) is 4.34. The number of rotatable bonds is 5. The van der Waals surface area contributed by atoms with Gasteiger partial charge in [0.2, 0.25) is 16.0 Å². The summed E-state index contributed by atoms with van der Waals surface area (Å²) < 4.78 is 40.8. The molecule has 3 heterocycles. The molecule has 174 valence electrons. The average Bonchev–Trinajstić information content (AvgIpc) is 3.36. The highest BCUT2D eigenvalue weighted by atomic mass is 32.2. The summed E-state index contributed by atoms with van der Waals surface area (Å²) in [5.74, 6) is 0.514. The zero-order valence-electron chi connectivity index (χ0n) is 18.9. The zero-order chi connectivity index (χ0) is 23.2. The fourth-order valence-corrected chi connectivity index (χ4v) is 5.60. The van der Waals surface area contributed by atoms with Crippen LogP contribution in [0.25, 0.3) is 10.8 Å². The van der Waals surface area contributed by atoms with Gasteiger partial charge in [0.1, 0.15) is 12.2 Å². The van der Waals surface area contributed by atoms with Crippen molar-refractivity contribution < 1.29 is 17.9 Å². The second-order valence-electron chi connectivity index (χ2n) is 9.60. The van der Waals surface area contributed by atoms with Gasteiger partial charge in [-0.05, 0) is 29.0 Å². The first kappa shape index (κ1) is 22.2. The molecule has 4 atom stereocenters. The molecule has 0 amide bonds. The normalized spacial score (nSPS) is 25.3. The Labute approximate surface area is 193 Å². The van der Waals surface area contributed by atoms with Gasteiger partial charge in [0.05, 0.1) is 35.9 Å².